The summed E-state index contributed by atoms with van der Waals surface area (Å²) >= 11 is 6.31. The van der Waals surface area contributed by atoms with Crippen molar-refractivity contribution in [2.45, 2.75) is 20.4 Å². The third-order valence-electron chi connectivity index (χ3n) is 4.20. The van der Waals surface area contributed by atoms with Gasteiger partial charge in [0.05, 0.1) is 30.2 Å². The Hall–Kier alpha value is -3.12. The van der Waals surface area contributed by atoms with Crippen LogP contribution in [0.1, 0.15) is 27.2 Å². The number of carbonyl (C=O) groups excluding carboxylic acids is 1. The third-order valence-corrected chi connectivity index (χ3v) is 4.50. The van der Waals surface area contributed by atoms with Crippen LogP contribution < -0.4 is 15.4 Å². The largest absolute Gasteiger partial charge is 0.496 e. The summed E-state index contributed by atoms with van der Waals surface area (Å²) in [6, 6.07) is 11.4. The summed E-state index contributed by atoms with van der Waals surface area (Å²) in [6.45, 7) is 4.29. The zero-order chi connectivity index (χ0) is 20.1. The number of amides is 1. The van der Waals surface area contributed by atoms with E-state index in [9.17, 15) is 4.79 Å². The highest BCUT2D eigenvalue weighted by molar-refractivity contribution is 6.33. The number of methoxy groups -OCH3 is 1. The summed E-state index contributed by atoms with van der Waals surface area (Å²) in [5.74, 6) is 0.920. The van der Waals surface area contributed by atoms with Crippen LogP contribution in [-0.4, -0.2) is 23.0 Å². The Labute approximate surface area is 168 Å². The number of carbonyl (C=O) groups is 1. The molecule has 2 N–H and O–H groups in total. The molecule has 7 heteroatoms. The van der Waals surface area contributed by atoms with Crippen molar-refractivity contribution < 1.29 is 9.53 Å². The minimum absolute atomic E-state index is 0.229. The fraction of sp³-hybridized carbons (Fsp3) is 0.190. The van der Waals surface area contributed by atoms with Gasteiger partial charge in [0.25, 0.3) is 5.91 Å². The van der Waals surface area contributed by atoms with Crippen LogP contribution in [0.2, 0.25) is 5.02 Å². The number of halogens is 1. The van der Waals surface area contributed by atoms with Crippen molar-refractivity contribution in [2.24, 2.45) is 0 Å². The van der Waals surface area contributed by atoms with Gasteiger partial charge in [0, 0.05) is 12.1 Å². The van der Waals surface area contributed by atoms with Gasteiger partial charge in [0.15, 0.2) is 0 Å². The van der Waals surface area contributed by atoms with E-state index in [0.717, 1.165) is 28.1 Å². The normalized spacial score (nSPS) is 10.4. The van der Waals surface area contributed by atoms with Crippen LogP contribution in [0.4, 0.5) is 11.5 Å². The average molecular weight is 397 g/mol. The predicted octanol–water partition coefficient (Wildman–Crippen LogP) is 4.43. The molecule has 1 heterocycles. The van der Waals surface area contributed by atoms with Crippen molar-refractivity contribution in [3.8, 4) is 5.75 Å². The molecule has 28 heavy (non-hydrogen) atoms. The number of benzene rings is 2. The Morgan fingerprint density at radius 1 is 1.14 bits per heavy atom. The van der Waals surface area contributed by atoms with Gasteiger partial charge in [-0.1, -0.05) is 35.9 Å². The Kier molecular flexibility index (Phi) is 6.11. The number of aryl methyl sites for hydroxylation is 2. The molecule has 0 saturated carbocycles. The SMILES string of the molecule is COc1ccccc1CNC(=O)c1cnc(Nc2c(C)cc(C)cc2Cl)cn1. The number of hydrogen-bond donors (Lipinski definition) is 2. The van der Waals surface area contributed by atoms with Crippen LogP contribution in [0.15, 0.2) is 48.8 Å². The lowest BCUT2D eigenvalue weighted by Gasteiger charge is -2.12. The molecule has 0 saturated heterocycles. The van der Waals surface area contributed by atoms with Crippen LogP contribution in [0, 0.1) is 13.8 Å². The molecule has 0 bridgehead atoms. The summed E-state index contributed by atoms with van der Waals surface area (Å²) in [4.78, 5) is 20.8. The number of para-hydroxylation sites is 1. The maximum Gasteiger partial charge on any atom is 0.271 e. The van der Waals surface area contributed by atoms with E-state index in [2.05, 4.69) is 20.6 Å². The van der Waals surface area contributed by atoms with Crippen LogP contribution in [-0.2, 0) is 6.54 Å². The predicted molar refractivity (Wildman–Crippen MR) is 110 cm³/mol. The summed E-state index contributed by atoms with van der Waals surface area (Å²) in [5, 5.41) is 6.58. The van der Waals surface area contributed by atoms with Crippen LogP contribution in [0.5, 0.6) is 5.75 Å². The highest BCUT2D eigenvalue weighted by Crippen LogP contribution is 2.29. The lowest BCUT2D eigenvalue weighted by molar-refractivity contribution is 0.0945. The van der Waals surface area contributed by atoms with E-state index in [0.29, 0.717) is 17.4 Å². The molecule has 0 aliphatic heterocycles. The van der Waals surface area contributed by atoms with Gasteiger partial charge in [-0.15, -0.1) is 0 Å². The van der Waals surface area contributed by atoms with E-state index in [-0.39, 0.29) is 11.6 Å². The quantitative estimate of drug-likeness (QED) is 0.644. The second-order valence-corrected chi connectivity index (χ2v) is 6.75. The lowest BCUT2D eigenvalue weighted by atomic mass is 10.1. The number of nitrogens with one attached hydrogen (secondary N) is 2. The molecule has 144 valence electrons. The molecule has 0 unspecified atom stereocenters. The Morgan fingerprint density at radius 2 is 1.93 bits per heavy atom. The fourth-order valence-corrected chi connectivity index (χ4v) is 3.20. The number of rotatable bonds is 6. The Morgan fingerprint density at radius 3 is 2.61 bits per heavy atom. The van der Waals surface area contributed by atoms with E-state index in [1.165, 1.54) is 12.4 Å². The number of anilines is 2. The second-order valence-electron chi connectivity index (χ2n) is 6.35. The highest BCUT2D eigenvalue weighted by atomic mass is 35.5. The molecule has 0 aliphatic rings. The molecular weight excluding hydrogens is 376 g/mol. The molecule has 3 rings (SSSR count). The molecule has 3 aromatic rings. The zero-order valence-corrected chi connectivity index (χ0v) is 16.7. The van der Waals surface area contributed by atoms with E-state index >= 15 is 0 Å². The van der Waals surface area contributed by atoms with Crippen LogP contribution in [0.25, 0.3) is 0 Å². The van der Waals surface area contributed by atoms with Crippen molar-refractivity contribution in [1.29, 1.82) is 0 Å². The van der Waals surface area contributed by atoms with E-state index in [1.54, 1.807) is 7.11 Å². The number of nitrogens with zero attached hydrogens (tertiary/aromatic N) is 2. The van der Waals surface area contributed by atoms with Crippen molar-refractivity contribution in [3.63, 3.8) is 0 Å². The van der Waals surface area contributed by atoms with Gasteiger partial charge < -0.3 is 15.4 Å². The van der Waals surface area contributed by atoms with E-state index in [1.807, 2.05) is 50.2 Å². The van der Waals surface area contributed by atoms with Crippen LogP contribution in [0.3, 0.4) is 0 Å². The van der Waals surface area contributed by atoms with Crippen molar-refractivity contribution in [2.75, 3.05) is 12.4 Å². The van der Waals surface area contributed by atoms with Crippen molar-refractivity contribution in [1.82, 2.24) is 15.3 Å². The summed E-state index contributed by atoms with van der Waals surface area (Å²) in [5.41, 5.74) is 3.97. The minimum Gasteiger partial charge on any atom is -0.496 e. The second kappa shape index (κ2) is 8.71. The van der Waals surface area contributed by atoms with Gasteiger partial charge in [0.1, 0.15) is 17.3 Å². The third kappa shape index (κ3) is 4.58. The van der Waals surface area contributed by atoms with Gasteiger partial charge >= 0.3 is 0 Å². The standard InChI is InChI=1S/C21H21ClN4O2/c1-13-8-14(2)20(16(22)9-13)26-19-12-23-17(11-24-19)21(27)25-10-15-6-4-5-7-18(15)28-3/h4-9,11-12H,10H2,1-3H3,(H,24,26)(H,25,27). The molecule has 0 aliphatic carbocycles. The number of aromatic nitrogens is 2. The fourth-order valence-electron chi connectivity index (χ4n) is 2.83. The van der Waals surface area contributed by atoms with Crippen molar-refractivity contribution in [3.05, 3.63) is 76.2 Å². The first kappa shape index (κ1) is 19.6. The first-order chi connectivity index (χ1) is 13.5. The van der Waals surface area contributed by atoms with E-state index in [4.69, 9.17) is 16.3 Å². The van der Waals surface area contributed by atoms with E-state index < -0.39 is 0 Å². The first-order valence-corrected chi connectivity index (χ1v) is 9.11. The van der Waals surface area contributed by atoms with Crippen molar-refractivity contribution >= 4 is 29.0 Å². The van der Waals surface area contributed by atoms with Gasteiger partial charge in [-0.25, -0.2) is 9.97 Å². The Bertz CT molecular complexity index is 967. The number of ether oxygens (including phenoxy) is 1. The summed E-state index contributed by atoms with van der Waals surface area (Å²) in [7, 11) is 1.60. The summed E-state index contributed by atoms with van der Waals surface area (Å²) < 4.78 is 5.28. The smallest absolute Gasteiger partial charge is 0.271 e. The van der Waals surface area contributed by atoms with Gasteiger partial charge in [-0.2, -0.15) is 0 Å². The van der Waals surface area contributed by atoms with Gasteiger partial charge in [0.2, 0.25) is 0 Å². The highest BCUT2D eigenvalue weighted by Gasteiger charge is 2.11. The monoisotopic (exact) mass is 396 g/mol. The minimum atomic E-state index is -0.311. The molecule has 0 radical (unpaired) electrons. The topological polar surface area (TPSA) is 76.1 Å². The number of hydrogen-bond acceptors (Lipinski definition) is 5. The van der Waals surface area contributed by atoms with Crippen LogP contribution >= 0.6 is 11.6 Å². The lowest BCUT2D eigenvalue weighted by Crippen LogP contribution is -2.24. The first-order valence-electron chi connectivity index (χ1n) is 8.74. The molecule has 1 aromatic heterocycles. The molecule has 0 spiro atoms. The zero-order valence-electron chi connectivity index (χ0n) is 15.9. The maximum absolute atomic E-state index is 12.3. The average Bonchev–Trinajstić information content (AvgIpc) is 2.69. The summed E-state index contributed by atoms with van der Waals surface area (Å²) in [6.07, 6.45) is 2.94. The molecule has 0 atom stereocenters. The van der Waals surface area contributed by atoms with Gasteiger partial charge in [-0.3, -0.25) is 4.79 Å². The Balaban J connectivity index is 1.66. The molecule has 0 fully saturated rings. The maximum atomic E-state index is 12.3. The molecule has 6 nitrogen and oxygen atoms in total. The van der Waals surface area contributed by atoms with Gasteiger partial charge in [-0.05, 0) is 37.1 Å². The molecular formula is C21H21ClN4O2. The molecule has 1 amide bonds. The molecule has 2 aromatic carbocycles.